The lowest BCUT2D eigenvalue weighted by Gasteiger charge is -1.99. The first-order valence-electron chi connectivity index (χ1n) is 2.91. The summed E-state index contributed by atoms with van der Waals surface area (Å²) in [5.41, 5.74) is 0. The van der Waals surface area contributed by atoms with Gasteiger partial charge in [-0.2, -0.15) is 0 Å². The molecule has 2 nitrogen and oxygen atoms in total. The van der Waals surface area contributed by atoms with Crippen molar-refractivity contribution in [2.24, 2.45) is 5.92 Å². The van der Waals surface area contributed by atoms with Crippen LogP contribution in [0, 0.1) is 18.3 Å². The lowest BCUT2D eigenvalue weighted by molar-refractivity contribution is -0.139. The zero-order valence-corrected chi connectivity index (χ0v) is 5.42. The van der Waals surface area contributed by atoms with Gasteiger partial charge in [0.15, 0.2) is 0 Å². The Kier molecular flexibility index (Phi) is 3.54. The summed E-state index contributed by atoms with van der Waals surface area (Å²) in [6.07, 6.45) is 6.32. The van der Waals surface area contributed by atoms with E-state index in [0.717, 1.165) is 6.42 Å². The van der Waals surface area contributed by atoms with Crippen LogP contribution in [0.4, 0.5) is 0 Å². The van der Waals surface area contributed by atoms with E-state index in [9.17, 15) is 4.79 Å². The topological polar surface area (TPSA) is 37.3 Å². The number of aliphatic carboxylic acids is 1. The molecule has 2 heteroatoms. The minimum Gasteiger partial charge on any atom is -0.480 e. The lowest BCUT2D eigenvalue weighted by atomic mass is 10.1. The van der Waals surface area contributed by atoms with Gasteiger partial charge in [0.1, 0.15) is 5.92 Å². The van der Waals surface area contributed by atoms with Gasteiger partial charge in [-0.1, -0.05) is 19.3 Å². The van der Waals surface area contributed by atoms with Crippen LogP contribution in [0.5, 0.6) is 0 Å². The summed E-state index contributed by atoms with van der Waals surface area (Å²) in [5.74, 6) is 0.725. The molecule has 0 amide bonds. The molecule has 0 aliphatic heterocycles. The fourth-order valence-electron chi connectivity index (χ4n) is 0.567. The molecule has 0 aromatic carbocycles. The fourth-order valence-corrected chi connectivity index (χ4v) is 0.567. The van der Waals surface area contributed by atoms with Crippen molar-refractivity contribution in [1.29, 1.82) is 0 Å². The molecule has 0 radical (unpaired) electrons. The number of terminal acetylenes is 1. The molecule has 1 atom stereocenters. The van der Waals surface area contributed by atoms with E-state index in [0.29, 0.717) is 6.42 Å². The van der Waals surface area contributed by atoms with Gasteiger partial charge in [-0.3, -0.25) is 4.79 Å². The number of hydrogen-bond donors (Lipinski definition) is 1. The molecule has 0 aliphatic carbocycles. The van der Waals surface area contributed by atoms with E-state index < -0.39 is 11.9 Å². The predicted molar refractivity (Wildman–Crippen MR) is 34.9 cm³/mol. The number of rotatable bonds is 3. The lowest BCUT2D eigenvalue weighted by Crippen LogP contribution is -2.10. The average Bonchev–Trinajstić information content (AvgIpc) is 1.82. The summed E-state index contributed by atoms with van der Waals surface area (Å²) in [7, 11) is 0. The maximum atomic E-state index is 10.2. The van der Waals surface area contributed by atoms with Gasteiger partial charge in [-0.25, -0.2) is 0 Å². The Labute approximate surface area is 54.9 Å². The van der Waals surface area contributed by atoms with Crippen molar-refractivity contribution >= 4 is 5.97 Å². The molecular formula is C7H10O2. The van der Waals surface area contributed by atoms with E-state index in [2.05, 4.69) is 5.92 Å². The molecule has 0 rings (SSSR count). The van der Waals surface area contributed by atoms with E-state index in [1.165, 1.54) is 0 Å². The fraction of sp³-hybridized carbons (Fsp3) is 0.571. The van der Waals surface area contributed by atoms with Crippen molar-refractivity contribution in [3.63, 3.8) is 0 Å². The third-order valence-electron chi connectivity index (χ3n) is 1.08. The smallest absolute Gasteiger partial charge is 0.318 e. The van der Waals surface area contributed by atoms with Crippen molar-refractivity contribution in [3.05, 3.63) is 0 Å². The molecule has 0 aromatic rings. The summed E-state index contributed by atoms with van der Waals surface area (Å²) >= 11 is 0. The van der Waals surface area contributed by atoms with Gasteiger partial charge >= 0.3 is 5.97 Å². The molecule has 0 heterocycles. The molecule has 0 bridgehead atoms. The highest BCUT2D eigenvalue weighted by Gasteiger charge is 2.10. The van der Waals surface area contributed by atoms with E-state index in [-0.39, 0.29) is 0 Å². The van der Waals surface area contributed by atoms with E-state index >= 15 is 0 Å². The zero-order valence-electron chi connectivity index (χ0n) is 5.42. The molecule has 0 aliphatic rings. The second-order valence-electron chi connectivity index (χ2n) is 1.85. The largest absolute Gasteiger partial charge is 0.480 e. The Hall–Kier alpha value is -0.970. The second-order valence-corrected chi connectivity index (χ2v) is 1.85. The Morgan fingerprint density at radius 1 is 1.89 bits per heavy atom. The van der Waals surface area contributed by atoms with E-state index in [1.807, 2.05) is 6.92 Å². The van der Waals surface area contributed by atoms with Crippen LogP contribution in [0.3, 0.4) is 0 Å². The van der Waals surface area contributed by atoms with Gasteiger partial charge in [-0.05, 0) is 6.42 Å². The van der Waals surface area contributed by atoms with E-state index in [1.54, 1.807) is 0 Å². The van der Waals surface area contributed by atoms with E-state index in [4.69, 9.17) is 11.5 Å². The molecular weight excluding hydrogens is 116 g/mol. The number of carboxylic acid groups (broad SMARTS) is 1. The standard InChI is InChI=1S/C7H10O2/c1-3-5-6(4-2)7(8)9/h2,6H,3,5H2,1H3,(H,8,9). The zero-order chi connectivity index (χ0) is 7.28. The maximum absolute atomic E-state index is 10.2. The quantitative estimate of drug-likeness (QED) is 0.575. The Morgan fingerprint density at radius 2 is 2.44 bits per heavy atom. The molecule has 9 heavy (non-hydrogen) atoms. The number of carboxylic acids is 1. The Balaban J connectivity index is 3.72. The summed E-state index contributed by atoms with van der Waals surface area (Å²) in [4.78, 5) is 10.2. The SMILES string of the molecule is C#CC(CCC)C(=O)O. The van der Waals surface area contributed by atoms with Crippen LogP contribution in [0.1, 0.15) is 19.8 Å². The Morgan fingerprint density at radius 3 is 2.56 bits per heavy atom. The van der Waals surface area contributed by atoms with Gasteiger partial charge in [0, 0.05) is 0 Å². The highest BCUT2D eigenvalue weighted by atomic mass is 16.4. The van der Waals surface area contributed by atoms with Crippen LogP contribution in [0.25, 0.3) is 0 Å². The normalized spacial score (nSPS) is 12.0. The van der Waals surface area contributed by atoms with Gasteiger partial charge in [-0.15, -0.1) is 6.42 Å². The molecule has 50 valence electrons. The van der Waals surface area contributed by atoms with Crippen LogP contribution in [-0.2, 0) is 4.79 Å². The average molecular weight is 126 g/mol. The summed E-state index contributed by atoms with van der Waals surface area (Å²) in [6, 6.07) is 0. The summed E-state index contributed by atoms with van der Waals surface area (Å²) in [6.45, 7) is 1.91. The molecule has 0 fully saturated rings. The minimum absolute atomic E-state index is 0.575. The first-order valence-corrected chi connectivity index (χ1v) is 2.91. The van der Waals surface area contributed by atoms with Crippen LogP contribution >= 0.6 is 0 Å². The molecule has 0 saturated carbocycles. The van der Waals surface area contributed by atoms with Crippen molar-refractivity contribution < 1.29 is 9.90 Å². The monoisotopic (exact) mass is 126 g/mol. The maximum Gasteiger partial charge on any atom is 0.318 e. The molecule has 0 spiro atoms. The molecule has 0 saturated heterocycles. The van der Waals surface area contributed by atoms with Gasteiger partial charge in [0.2, 0.25) is 0 Å². The van der Waals surface area contributed by atoms with Crippen molar-refractivity contribution in [1.82, 2.24) is 0 Å². The van der Waals surface area contributed by atoms with Crippen LogP contribution in [-0.4, -0.2) is 11.1 Å². The first kappa shape index (κ1) is 8.03. The minimum atomic E-state index is -0.889. The highest BCUT2D eigenvalue weighted by molar-refractivity contribution is 5.73. The molecule has 1 N–H and O–H groups in total. The molecule has 0 aromatic heterocycles. The van der Waals surface area contributed by atoms with Crippen LogP contribution in [0.2, 0.25) is 0 Å². The summed E-state index contributed by atoms with van der Waals surface area (Å²) in [5, 5.41) is 8.36. The highest BCUT2D eigenvalue weighted by Crippen LogP contribution is 2.03. The van der Waals surface area contributed by atoms with Crippen molar-refractivity contribution in [2.75, 3.05) is 0 Å². The molecule has 1 unspecified atom stereocenters. The first-order chi connectivity index (χ1) is 4.22. The third-order valence-corrected chi connectivity index (χ3v) is 1.08. The second kappa shape index (κ2) is 3.96. The van der Waals surface area contributed by atoms with Gasteiger partial charge < -0.3 is 5.11 Å². The van der Waals surface area contributed by atoms with Gasteiger partial charge in [0.05, 0.1) is 0 Å². The number of carbonyl (C=O) groups is 1. The van der Waals surface area contributed by atoms with Crippen LogP contribution < -0.4 is 0 Å². The van der Waals surface area contributed by atoms with Crippen LogP contribution in [0.15, 0.2) is 0 Å². The van der Waals surface area contributed by atoms with Crippen molar-refractivity contribution in [2.45, 2.75) is 19.8 Å². The summed E-state index contributed by atoms with van der Waals surface area (Å²) < 4.78 is 0. The predicted octanol–water partition coefficient (Wildman–Crippen LogP) is 1.12. The van der Waals surface area contributed by atoms with Gasteiger partial charge in [0.25, 0.3) is 0 Å². The van der Waals surface area contributed by atoms with Crippen molar-refractivity contribution in [3.8, 4) is 12.3 Å². The third kappa shape index (κ3) is 2.76. The Bertz CT molecular complexity index is 132. The number of hydrogen-bond acceptors (Lipinski definition) is 1.